The first kappa shape index (κ1) is 12.4. The summed E-state index contributed by atoms with van der Waals surface area (Å²) in [6.45, 7) is 11.7. The summed E-state index contributed by atoms with van der Waals surface area (Å²) in [7, 11) is 0. The van der Waals surface area contributed by atoms with E-state index in [1.807, 2.05) is 0 Å². The molecule has 1 aliphatic carbocycles. The summed E-state index contributed by atoms with van der Waals surface area (Å²) in [5, 5.41) is 0. The molecule has 2 heteroatoms. The molecule has 1 aliphatic rings. The number of hydrogen-bond donors (Lipinski definition) is 1. The minimum Gasteiger partial charge on any atom is -0.300 e. The predicted octanol–water partition coefficient (Wildman–Crippen LogP) is 3.06. The third kappa shape index (κ3) is 3.47. The van der Waals surface area contributed by atoms with Crippen LogP contribution in [0.25, 0.3) is 0 Å². The monoisotopic (exact) mass is 215 g/mol. The fraction of sp³-hybridized carbons (Fsp3) is 1.00. The van der Waals surface area contributed by atoms with E-state index < -0.39 is 0 Å². The Kier molecular flexibility index (Phi) is 4.32. The maximum absolute atomic E-state index is 4.47. The lowest BCUT2D eigenvalue weighted by molar-refractivity contribution is 0.166. The zero-order chi connectivity index (χ0) is 10.8. The largest absolute Gasteiger partial charge is 0.300 e. The van der Waals surface area contributed by atoms with E-state index in [0.29, 0.717) is 11.5 Å². The SMILES string of the molecule is CC(C)CN(CC1(CS)CC1)C(C)C. The summed E-state index contributed by atoms with van der Waals surface area (Å²) < 4.78 is 0. The summed E-state index contributed by atoms with van der Waals surface area (Å²) >= 11 is 4.47. The topological polar surface area (TPSA) is 3.24 Å². The normalized spacial score (nSPS) is 19.7. The molecule has 0 aliphatic heterocycles. The number of thiol groups is 1. The molecule has 0 bridgehead atoms. The predicted molar refractivity (Wildman–Crippen MR) is 67.1 cm³/mol. The van der Waals surface area contributed by atoms with Crippen molar-refractivity contribution in [3.8, 4) is 0 Å². The van der Waals surface area contributed by atoms with E-state index in [4.69, 9.17) is 0 Å². The molecule has 14 heavy (non-hydrogen) atoms. The van der Waals surface area contributed by atoms with Gasteiger partial charge in [-0.2, -0.15) is 12.6 Å². The van der Waals surface area contributed by atoms with Crippen molar-refractivity contribution in [1.82, 2.24) is 4.90 Å². The van der Waals surface area contributed by atoms with Gasteiger partial charge in [0.2, 0.25) is 0 Å². The van der Waals surface area contributed by atoms with E-state index in [1.165, 1.54) is 25.9 Å². The van der Waals surface area contributed by atoms with Crippen molar-refractivity contribution in [1.29, 1.82) is 0 Å². The second-order valence-corrected chi connectivity index (χ2v) is 5.89. The van der Waals surface area contributed by atoms with Crippen molar-refractivity contribution in [3.05, 3.63) is 0 Å². The molecule has 0 aromatic carbocycles. The molecule has 0 saturated heterocycles. The molecule has 0 amide bonds. The first-order chi connectivity index (χ1) is 6.49. The molecule has 0 N–H and O–H groups in total. The molecule has 0 unspecified atom stereocenters. The highest BCUT2D eigenvalue weighted by Crippen LogP contribution is 2.47. The highest BCUT2D eigenvalue weighted by Gasteiger charge is 2.42. The van der Waals surface area contributed by atoms with Gasteiger partial charge in [0.25, 0.3) is 0 Å². The van der Waals surface area contributed by atoms with Crippen LogP contribution in [-0.2, 0) is 0 Å². The van der Waals surface area contributed by atoms with Gasteiger partial charge in [-0.1, -0.05) is 13.8 Å². The fourth-order valence-electron chi connectivity index (χ4n) is 1.90. The van der Waals surface area contributed by atoms with Crippen molar-refractivity contribution in [2.75, 3.05) is 18.8 Å². The summed E-state index contributed by atoms with van der Waals surface area (Å²) in [5.41, 5.74) is 0.572. The van der Waals surface area contributed by atoms with Gasteiger partial charge in [-0.05, 0) is 43.8 Å². The Labute approximate surface area is 94.7 Å². The molecular weight excluding hydrogens is 190 g/mol. The maximum atomic E-state index is 4.47. The van der Waals surface area contributed by atoms with Crippen LogP contribution in [-0.4, -0.2) is 29.8 Å². The quantitative estimate of drug-likeness (QED) is 0.667. The maximum Gasteiger partial charge on any atom is 0.00486 e. The van der Waals surface area contributed by atoms with Gasteiger partial charge in [0.05, 0.1) is 0 Å². The average molecular weight is 215 g/mol. The Morgan fingerprint density at radius 1 is 1.21 bits per heavy atom. The van der Waals surface area contributed by atoms with E-state index in [0.717, 1.165) is 11.7 Å². The summed E-state index contributed by atoms with van der Waals surface area (Å²) in [4.78, 5) is 2.62. The Balaban J connectivity index is 2.43. The van der Waals surface area contributed by atoms with Crippen LogP contribution >= 0.6 is 12.6 Å². The average Bonchev–Trinajstić information content (AvgIpc) is 2.83. The smallest absolute Gasteiger partial charge is 0.00486 e. The molecular formula is C12H25NS. The van der Waals surface area contributed by atoms with Gasteiger partial charge in [-0.3, -0.25) is 0 Å². The Morgan fingerprint density at radius 3 is 2.07 bits per heavy atom. The van der Waals surface area contributed by atoms with Crippen molar-refractivity contribution in [2.24, 2.45) is 11.3 Å². The molecule has 1 saturated carbocycles. The molecule has 84 valence electrons. The number of nitrogens with zero attached hydrogens (tertiary/aromatic N) is 1. The molecule has 0 aromatic rings. The van der Waals surface area contributed by atoms with Crippen LogP contribution in [0, 0.1) is 11.3 Å². The van der Waals surface area contributed by atoms with E-state index >= 15 is 0 Å². The lowest BCUT2D eigenvalue weighted by atomic mass is 10.1. The third-order valence-electron chi connectivity index (χ3n) is 3.16. The molecule has 0 heterocycles. The standard InChI is InChI=1S/C12H25NS/c1-10(2)7-13(11(3)4)8-12(9-14)5-6-12/h10-11,14H,5-9H2,1-4H3. The Morgan fingerprint density at radius 2 is 1.79 bits per heavy atom. The Hall–Kier alpha value is 0.310. The zero-order valence-corrected chi connectivity index (χ0v) is 11.0. The molecule has 0 aromatic heterocycles. The summed E-state index contributed by atoms with van der Waals surface area (Å²) in [6, 6.07) is 0.676. The van der Waals surface area contributed by atoms with Gasteiger partial charge in [0.1, 0.15) is 0 Å². The number of rotatable bonds is 6. The van der Waals surface area contributed by atoms with Crippen LogP contribution in [0.5, 0.6) is 0 Å². The molecule has 0 spiro atoms. The van der Waals surface area contributed by atoms with Crippen molar-refractivity contribution >= 4 is 12.6 Å². The lowest BCUT2D eigenvalue weighted by Crippen LogP contribution is -2.39. The minimum atomic E-state index is 0.572. The van der Waals surface area contributed by atoms with Gasteiger partial charge in [-0.15, -0.1) is 0 Å². The summed E-state index contributed by atoms with van der Waals surface area (Å²) in [5.74, 6) is 1.84. The minimum absolute atomic E-state index is 0.572. The molecule has 0 radical (unpaired) electrons. The van der Waals surface area contributed by atoms with Crippen molar-refractivity contribution in [2.45, 2.75) is 46.6 Å². The molecule has 0 atom stereocenters. The van der Waals surface area contributed by atoms with Crippen LogP contribution in [0.3, 0.4) is 0 Å². The summed E-state index contributed by atoms with van der Waals surface area (Å²) in [6.07, 6.45) is 2.77. The van der Waals surface area contributed by atoms with Gasteiger partial charge < -0.3 is 4.90 Å². The van der Waals surface area contributed by atoms with E-state index in [-0.39, 0.29) is 0 Å². The first-order valence-electron chi connectivity index (χ1n) is 5.84. The van der Waals surface area contributed by atoms with Crippen LogP contribution < -0.4 is 0 Å². The molecule has 1 nitrogen and oxygen atoms in total. The van der Waals surface area contributed by atoms with Crippen LogP contribution in [0.1, 0.15) is 40.5 Å². The second kappa shape index (κ2) is 4.89. The van der Waals surface area contributed by atoms with Crippen molar-refractivity contribution in [3.63, 3.8) is 0 Å². The van der Waals surface area contributed by atoms with Gasteiger partial charge in [-0.25, -0.2) is 0 Å². The van der Waals surface area contributed by atoms with E-state index in [1.54, 1.807) is 0 Å². The van der Waals surface area contributed by atoms with Crippen molar-refractivity contribution < 1.29 is 0 Å². The van der Waals surface area contributed by atoms with Gasteiger partial charge in [0, 0.05) is 19.1 Å². The number of hydrogen-bond acceptors (Lipinski definition) is 2. The third-order valence-corrected chi connectivity index (χ3v) is 3.83. The highest BCUT2D eigenvalue weighted by molar-refractivity contribution is 7.80. The van der Waals surface area contributed by atoms with E-state index in [2.05, 4.69) is 45.2 Å². The lowest BCUT2D eigenvalue weighted by Gasteiger charge is -2.31. The molecule has 1 fully saturated rings. The molecule has 1 rings (SSSR count). The second-order valence-electron chi connectivity index (χ2n) is 5.58. The van der Waals surface area contributed by atoms with Gasteiger partial charge >= 0.3 is 0 Å². The van der Waals surface area contributed by atoms with Crippen LogP contribution in [0.2, 0.25) is 0 Å². The van der Waals surface area contributed by atoms with Crippen LogP contribution in [0.15, 0.2) is 0 Å². The highest BCUT2D eigenvalue weighted by atomic mass is 32.1. The zero-order valence-electron chi connectivity index (χ0n) is 10.1. The fourth-order valence-corrected chi connectivity index (χ4v) is 2.32. The first-order valence-corrected chi connectivity index (χ1v) is 6.47. The van der Waals surface area contributed by atoms with Gasteiger partial charge in [0.15, 0.2) is 0 Å². The van der Waals surface area contributed by atoms with E-state index in [9.17, 15) is 0 Å². The van der Waals surface area contributed by atoms with Crippen LogP contribution in [0.4, 0.5) is 0 Å². The Bertz CT molecular complexity index is 173.